The van der Waals surface area contributed by atoms with Gasteiger partial charge in [0.2, 0.25) is 5.91 Å². The van der Waals surface area contributed by atoms with Gasteiger partial charge in [-0.2, -0.15) is 0 Å². The SMILES string of the molecule is C=CC[C@H](C(N)=O)c1ccc2c(c1)N(CC1CCC1C(O)/C=C/CCN(C)C)CC(c1ccc(Cl)cc1CCC)CC2.CC.CC1CC1. The summed E-state index contributed by atoms with van der Waals surface area (Å²) < 4.78 is 0. The summed E-state index contributed by atoms with van der Waals surface area (Å²) in [5, 5.41) is 11.9. The third kappa shape index (κ3) is 11.8. The minimum Gasteiger partial charge on any atom is -0.389 e. The zero-order valence-corrected chi connectivity index (χ0v) is 31.5. The van der Waals surface area contributed by atoms with Gasteiger partial charge in [0.1, 0.15) is 0 Å². The topological polar surface area (TPSA) is 69.8 Å². The first kappa shape index (κ1) is 39.8. The van der Waals surface area contributed by atoms with E-state index in [0.29, 0.717) is 18.3 Å². The predicted octanol–water partition coefficient (Wildman–Crippen LogP) is 9.31. The smallest absolute Gasteiger partial charge is 0.225 e. The van der Waals surface area contributed by atoms with Gasteiger partial charge >= 0.3 is 0 Å². The van der Waals surface area contributed by atoms with Crippen LogP contribution >= 0.6 is 11.6 Å². The van der Waals surface area contributed by atoms with Crippen molar-refractivity contribution in [3.05, 3.63) is 88.5 Å². The van der Waals surface area contributed by atoms with Crippen LogP contribution in [0.3, 0.4) is 0 Å². The number of nitrogens with two attached hydrogens (primary N) is 1. The number of anilines is 1. The number of primary amides is 1. The molecule has 0 spiro atoms. The number of carbonyl (C=O) groups is 1. The highest BCUT2D eigenvalue weighted by Crippen LogP contribution is 2.42. The molecule has 5 atom stereocenters. The van der Waals surface area contributed by atoms with Gasteiger partial charge in [-0.05, 0) is 117 Å². The Bertz CT molecular complexity index is 1320. The Kier molecular flexibility index (Phi) is 16.7. The van der Waals surface area contributed by atoms with E-state index in [-0.39, 0.29) is 17.7 Å². The lowest BCUT2D eigenvalue weighted by molar-refractivity contribution is -0.119. The van der Waals surface area contributed by atoms with Crippen molar-refractivity contribution in [1.29, 1.82) is 0 Å². The van der Waals surface area contributed by atoms with Gasteiger partial charge in [-0.1, -0.05) is 95.0 Å². The third-order valence-corrected chi connectivity index (χ3v) is 10.4. The standard InChI is InChI=1S/C36H50ClN3O2.C4H8.C2H6/c1-5-9-26-21-30(37)17-19-31(26)28-15-13-25-12-14-27(33(10-6-2)36(38)42)22-34(25)40(23-28)24-29-16-18-32(29)35(41)11-7-8-20-39(3)4;1-4-2-3-4;1-2/h6-7,11-12,14,17,19,21-22,28-29,32-33,35,41H,2,5,8-10,13,15-16,18,20,23-24H2,1,3-4H3,(H2,38,42);4H,2-3H2,1H3;1-2H3/b11-7+;;/t28?,29?,32?,33-,35?;;/m0../s1. The number of hydrogen-bond acceptors (Lipinski definition) is 4. The molecule has 0 aromatic heterocycles. The average Bonchev–Trinajstić information content (AvgIpc) is 3.86. The Balaban J connectivity index is 0.000000952. The van der Waals surface area contributed by atoms with Gasteiger partial charge in [-0.15, -0.1) is 6.58 Å². The van der Waals surface area contributed by atoms with Crippen molar-refractivity contribution >= 4 is 23.2 Å². The fourth-order valence-corrected chi connectivity index (χ4v) is 7.18. The number of rotatable bonds is 14. The van der Waals surface area contributed by atoms with Crippen LogP contribution < -0.4 is 10.6 Å². The molecule has 1 aliphatic heterocycles. The second kappa shape index (κ2) is 20.2. The van der Waals surface area contributed by atoms with Gasteiger partial charge in [0.25, 0.3) is 0 Å². The van der Waals surface area contributed by atoms with Gasteiger partial charge in [-0.25, -0.2) is 0 Å². The molecule has 5 nitrogen and oxygen atoms in total. The number of nitrogens with zero attached hydrogens (tertiary/aromatic N) is 2. The molecule has 2 aromatic rings. The summed E-state index contributed by atoms with van der Waals surface area (Å²) in [5.41, 5.74) is 12.1. The number of benzene rings is 2. The summed E-state index contributed by atoms with van der Waals surface area (Å²) in [6, 6.07) is 12.9. The summed E-state index contributed by atoms with van der Waals surface area (Å²) >= 11 is 6.44. The Labute approximate surface area is 297 Å². The van der Waals surface area contributed by atoms with Gasteiger partial charge in [0.15, 0.2) is 0 Å². The van der Waals surface area contributed by atoms with Gasteiger partial charge in [0, 0.05) is 36.3 Å². The zero-order valence-electron chi connectivity index (χ0n) is 30.8. The molecule has 1 amide bonds. The highest BCUT2D eigenvalue weighted by molar-refractivity contribution is 6.30. The monoisotopic (exact) mass is 677 g/mol. The number of hydrogen-bond donors (Lipinski definition) is 2. The lowest BCUT2D eigenvalue weighted by Crippen LogP contribution is -2.44. The molecule has 2 aromatic carbocycles. The molecular formula is C42H64ClN3O2. The molecule has 2 aliphatic carbocycles. The number of aliphatic hydroxyl groups excluding tert-OH is 1. The van der Waals surface area contributed by atoms with Crippen LogP contribution in [0.2, 0.25) is 5.02 Å². The average molecular weight is 678 g/mol. The maximum absolute atomic E-state index is 12.4. The Morgan fingerprint density at radius 2 is 1.85 bits per heavy atom. The number of aliphatic hydroxyl groups is 1. The van der Waals surface area contributed by atoms with Crippen LogP contribution in [0.25, 0.3) is 0 Å². The fourth-order valence-electron chi connectivity index (χ4n) is 6.99. The van der Waals surface area contributed by atoms with E-state index in [0.717, 1.165) is 81.1 Å². The van der Waals surface area contributed by atoms with Crippen LogP contribution in [-0.4, -0.2) is 55.7 Å². The van der Waals surface area contributed by atoms with E-state index < -0.39 is 6.10 Å². The molecule has 5 rings (SSSR count). The lowest BCUT2D eigenvalue weighted by atomic mass is 9.70. The third-order valence-electron chi connectivity index (χ3n) is 10.2. The summed E-state index contributed by atoms with van der Waals surface area (Å²) in [7, 11) is 4.14. The Morgan fingerprint density at radius 3 is 2.44 bits per heavy atom. The van der Waals surface area contributed by atoms with E-state index in [1.54, 1.807) is 6.08 Å². The summed E-state index contributed by atoms with van der Waals surface area (Å²) in [6.45, 7) is 15.1. The van der Waals surface area contributed by atoms with E-state index in [1.807, 2.05) is 26.0 Å². The van der Waals surface area contributed by atoms with Crippen LogP contribution in [-0.2, 0) is 17.6 Å². The van der Waals surface area contributed by atoms with Crippen molar-refractivity contribution in [2.75, 3.05) is 38.6 Å². The first-order valence-electron chi connectivity index (χ1n) is 18.7. The second-order valence-electron chi connectivity index (χ2n) is 14.3. The maximum Gasteiger partial charge on any atom is 0.225 e. The largest absolute Gasteiger partial charge is 0.389 e. The quantitative estimate of drug-likeness (QED) is 0.196. The van der Waals surface area contributed by atoms with E-state index >= 15 is 0 Å². The second-order valence-corrected chi connectivity index (χ2v) is 14.7. The molecule has 1 heterocycles. The molecule has 48 heavy (non-hydrogen) atoms. The number of fused-ring (bicyclic) bond motifs is 1. The van der Waals surface area contributed by atoms with Crippen LogP contribution in [0.5, 0.6) is 0 Å². The molecular weight excluding hydrogens is 614 g/mol. The first-order chi connectivity index (χ1) is 23.1. The minimum absolute atomic E-state index is 0.263. The highest BCUT2D eigenvalue weighted by Gasteiger charge is 2.38. The Hall–Kier alpha value is -2.60. The molecule has 0 radical (unpaired) electrons. The molecule has 3 N–H and O–H groups in total. The van der Waals surface area contributed by atoms with Crippen LogP contribution in [0.1, 0.15) is 113 Å². The van der Waals surface area contributed by atoms with Crippen molar-refractivity contribution in [2.45, 2.75) is 110 Å². The van der Waals surface area contributed by atoms with E-state index in [2.05, 4.69) is 80.7 Å². The Morgan fingerprint density at radius 1 is 1.12 bits per heavy atom. The molecule has 0 saturated heterocycles. The summed E-state index contributed by atoms with van der Waals surface area (Å²) in [4.78, 5) is 17.1. The lowest BCUT2D eigenvalue weighted by Gasteiger charge is -2.43. The molecule has 3 aliphatic rings. The molecule has 6 heteroatoms. The van der Waals surface area contributed by atoms with Crippen molar-refractivity contribution in [1.82, 2.24) is 4.90 Å². The van der Waals surface area contributed by atoms with E-state index in [1.165, 1.54) is 35.2 Å². The van der Waals surface area contributed by atoms with Crippen molar-refractivity contribution in [3.63, 3.8) is 0 Å². The molecule has 4 unspecified atom stereocenters. The van der Waals surface area contributed by atoms with Crippen LogP contribution in [0.4, 0.5) is 5.69 Å². The predicted molar refractivity (Wildman–Crippen MR) is 206 cm³/mol. The first-order valence-corrected chi connectivity index (χ1v) is 19.0. The van der Waals surface area contributed by atoms with E-state index in [9.17, 15) is 9.90 Å². The van der Waals surface area contributed by atoms with Crippen molar-refractivity contribution in [3.8, 4) is 0 Å². The van der Waals surface area contributed by atoms with Crippen molar-refractivity contribution in [2.24, 2.45) is 23.5 Å². The summed E-state index contributed by atoms with van der Waals surface area (Å²) in [6.07, 6.45) is 16.2. The minimum atomic E-state index is -0.418. The van der Waals surface area contributed by atoms with E-state index in [4.69, 9.17) is 17.3 Å². The molecule has 2 fully saturated rings. The van der Waals surface area contributed by atoms with Crippen molar-refractivity contribution < 1.29 is 9.90 Å². The molecule has 266 valence electrons. The number of aryl methyl sites for hydroxylation is 2. The van der Waals surface area contributed by atoms with Gasteiger partial charge in [-0.3, -0.25) is 4.79 Å². The van der Waals surface area contributed by atoms with Gasteiger partial charge < -0.3 is 20.6 Å². The molecule has 0 bridgehead atoms. The highest BCUT2D eigenvalue weighted by atomic mass is 35.5. The number of allylic oxidation sites excluding steroid dienone is 1. The van der Waals surface area contributed by atoms with Crippen LogP contribution in [0.15, 0.2) is 61.2 Å². The maximum atomic E-state index is 12.4. The van der Waals surface area contributed by atoms with Gasteiger partial charge in [0.05, 0.1) is 12.0 Å². The summed E-state index contributed by atoms with van der Waals surface area (Å²) in [5.74, 6) is 1.43. The number of amides is 1. The number of halogens is 1. The number of carbonyl (C=O) groups excluding carboxylic acids is 1. The fraction of sp³-hybridized carbons (Fsp3) is 0.595. The normalized spacial score (nSPS) is 21.5. The zero-order chi connectivity index (χ0) is 35.2. The van der Waals surface area contributed by atoms with Crippen LogP contribution in [0, 0.1) is 17.8 Å². The molecule has 2 saturated carbocycles.